The van der Waals surface area contributed by atoms with E-state index in [1.807, 2.05) is 37.3 Å². The SMILES string of the molecule is CCCCS(=O)(=O)N[C@H](Cc1ccc2c(c1)NC(=O)[C@@H](CCCNC(=O)OCc1ccccc1)O2)C(=O)OCC. The second-order valence-corrected chi connectivity index (χ2v) is 11.2. The van der Waals surface area contributed by atoms with Gasteiger partial charge in [0.1, 0.15) is 18.4 Å². The van der Waals surface area contributed by atoms with Crippen molar-refractivity contribution in [3.8, 4) is 5.75 Å². The van der Waals surface area contributed by atoms with Crippen molar-refractivity contribution in [1.29, 1.82) is 0 Å². The Morgan fingerprint density at radius 3 is 2.55 bits per heavy atom. The van der Waals surface area contributed by atoms with Crippen molar-refractivity contribution in [2.75, 3.05) is 24.2 Å². The minimum absolute atomic E-state index is 0.0445. The molecule has 0 unspecified atom stereocenters. The summed E-state index contributed by atoms with van der Waals surface area (Å²) in [6, 6.07) is 13.3. The number of esters is 1. The molecule has 1 aliphatic heterocycles. The van der Waals surface area contributed by atoms with Crippen LogP contribution < -0.4 is 20.1 Å². The highest BCUT2D eigenvalue weighted by atomic mass is 32.2. The highest BCUT2D eigenvalue weighted by Crippen LogP contribution is 2.32. The number of carbonyl (C=O) groups excluding carboxylic acids is 3. The first kappa shape index (κ1) is 30.9. The molecule has 40 heavy (non-hydrogen) atoms. The number of hydrogen-bond acceptors (Lipinski definition) is 8. The molecule has 0 saturated heterocycles. The number of anilines is 1. The summed E-state index contributed by atoms with van der Waals surface area (Å²) < 4.78 is 43.4. The normalized spacial score (nSPS) is 15.2. The first-order valence-corrected chi connectivity index (χ1v) is 15.1. The minimum Gasteiger partial charge on any atom is -0.478 e. The number of benzene rings is 2. The molecule has 2 aromatic carbocycles. The van der Waals surface area contributed by atoms with E-state index < -0.39 is 34.2 Å². The van der Waals surface area contributed by atoms with Gasteiger partial charge in [-0.25, -0.2) is 17.9 Å². The average molecular weight is 576 g/mol. The summed E-state index contributed by atoms with van der Waals surface area (Å²) >= 11 is 0. The monoisotopic (exact) mass is 575 g/mol. The van der Waals surface area contributed by atoms with Crippen LogP contribution in [0.5, 0.6) is 5.75 Å². The molecule has 0 fully saturated rings. The third-order valence-corrected chi connectivity index (χ3v) is 7.56. The zero-order chi connectivity index (χ0) is 29.0. The van der Waals surface area contributed by atoms with Gasteiger partial charge in [-0.3, -0.25) is 9.59 Å². The number of hydrogen-bond donors (Lipinski definition) is 3. The largest absolute Gasteiger partial charge is 0.478 e. The Bertz CT molecular complexity index is 1250. The number of sulfonamides is 1. The van der Waals surface area contributed by atoms with Crippen LogP contribution in [0.15, 0.2) is 48.5 Å². The third kappa shape index (κ3) is 9.83. The van der Waals surface area contributed by atoms with Crippen LogP contribution in [0.25, 0.3) is 0 Å². The van der Waals surface area contributed by atoms with Crippen LogP contribution in [0.4, 0.5) is 10.5 Å². The number of unbranched alkanes of at least 4 members (excludes halogenated alkanes) is 1. The predicted molar refractivity (Wildman–Crippen MR) is 149 cm³/mol. The van der Waals surface area contributed by atoms with Gasteiger partial charge in [-0.2, -0.15) is 0 Å². The van der Waals surface area contributed by atoms with Crippen molar-refractivity contribution in [1.82, 2.24) is 10.0 Å². The fourth-order valence-corrected chi connectivity index (χ4v) is 5.43. The fraction of sp³-hybridized carbons (Fsp3) is 0.464. The molecular weight excluding hydrogens is 538 g/mol. The van der Waals surface area contributed by atoms with E-state index in [4.69, 9.17) is 14.2 Å². The number of fused-ring (bicyclic) bond motifs is 1. The topological polar surface area (TPSA) is 149 Å². The van der Waals surface area contributed by atoms with Gasteiger partial charge in [0.15, 0.2) is 6.10 Å². The Hall–Kier alpha value is -3.64. The van der Waals surface area contributed by atoms with Crippen LogP contribution in [0, 0.1) is 0 Å². The molecule has 2 aromatic rings. The zero-order valence-electron chi connectivity index (χ0n) is 22.8. The lowest BCUT2D eigenvalue weighted by Crippen LogP contribution is -2.44. The molecular formula is C28H37N3O8S. The second kappa shape index (κ2) is 15.2. The Balaban J connectivity index is 1.51. The Morgan fingerprint density at radius 2 is 1.82 bits per heavy atom. The number of nitrogens with one attached hydrogen (secondary N) is 3. The summed E-state index contributed by atoms with van der Waals surface area (Å²) in [6.07, 6.45) is 0.810. The lowest BCUT2D eigenvalue weighted by Gasteiger charge is -2.26. The zero-order valence-corrected chi connectivity index (χ0v) is 23.6. The first-order valence-electron chi connectivity index (χ1n) is 13.4. The van der Waals surface area contributed by atoms with Gasteiger partial charge in [0, 0.05) is 6.54 Å². The Morgan fingerprint density at radius 1 is 1.05 bits per heavy atom. The Kier molecular flexibility index (Phi) is 11.8. The van der Waals surface area contributed by atoms with Crippen LogP contribution in [0.1, 0.15) is 50.7 Å². The minimum atomic E-state index is -3.67. The summed E-state index contributed by atoms with van der Waals surface area (Å²) in [4.78, 5) is 37.0. The van der Waals surface area contributed by atoms with Gasteiger partial charge in [0.2, 0.25) is 10.0 Å². The molecule has 0 bridgehead atoms. The Labute approximate surface area is 235 Å². The number of ether oxygens (including phenoxy) is 3. The van der Waals surface area contributed by atoms with Gasteiger partial charge in [0.25, 0.3) is 5.91 Å². The maximum Gasteiger partial charge on any atom is 0.407 e. The molecule has 1 heterocycles. The summed E-state index contributed by atoms with van der Waals surface area (Å²) in [7, 11) is -3.67. The molecule has 0 radical (unpaired) electrons. The standard InChI is InChI=1S/C28H37N3O8S/c1-3-5-16-40(35,36)31-23(27(33)37-4-2)18-21-13-14-24-22(17-21)30-26(32)25(39-24)12-9-15-29-28(34)38-19-20-10-7-6-8-11-20/h6-8,10-11,13-14,17,23,25,31H,3-5,9,12,15-16,18-19H2,1-2H3,(H,29,34)(H,30,32)/t23-,25-/m1/s1. The van der Waals surface area contributed by atoms with E-state index in [9.17, 15) is 22.8 Å². The van der Waals surface area contributed by atoms with E-state index in [-0.39, 0.29) is 31.3 Å². The van der Waals surface area contributed by atoms with Gasteiger partial charge in [0.05, 0.1) is 18.0 Å². The van der Waals surface area contributed by atoms with Gasteiger partial charge in [-0.05, 0) is 55.9 Å². The van der Waals surface area contributed by atoms with Crippen LogP contribution in [-0.2, 0) is 42.1 Å². The van der Waals surface area contributed by atoms with Crippen LogP contribution in [0.3, 0.4) is 0 Å². The molecule has 11 nitrogen and oxygen atoms in total. The van der Waals surface area contributed by atoms with Crippen molar-refractivity contribution in [3.63, 3.8) is 0 Å². The highest BCUT2D eigenvalue weighted by molar-refractivity contribution is 7.89. The quantitative estimate of drug-likeness (QED) is 0.216. The molecule has 3 N–H and O–H groups in total. The lowest BCUT2D eigenvalue weighted by atomic mass is 10.0. The van der Waals surface area contributed by atoms with Crippen LogP contribution in [-0.4, -0.2) is 57.4 Å². The highest BCUT2D eigenvalue weighted by Gasteiger charge is 2.29. The smallest absolute Gasteiger partial charge is 0.407 e. The average Bonchev–Trinajstić information content (AvgIpc) is 2.93. The molecule has 12 heteroatoms. The summed E-state index contributed by atoms with van der Waals surface area (Å²) in [6.45, 7) is 4.14. The van der Waals surface area contributed by atoms with Gasteiger partial charge < -0.3 is 24.8 Å². The molecule has 0 saturated carbocycles. The van der Waals surface area contributed by atoms with Crippen molar-refractivity contribution in [3.05, 3.63) is 59.7 Å². The van der Waals surface area contributed by atoms with Gasteiger partial charge in [-0.1, -0.05) is 49.7 Å². The molecule has 0 spiro atoms. The maximum absolute atomic E-state index is 12.6. The van der Waals surface area contributed by atoms with E-state index in [0.29, 0.717) is 49.2 Å². The van der Waals surface area contributed by atoms with Gasteiger partial charge in [-0.15, -0.1) is 0 Å². The molecule has 2 amide bonds. The molecule has 1 aliphatic rings. The number of rotatable bonds is 15. The predicted octanol–water partition coefficient (Wildman–Crippen LogP) is 3.29. The summed E-state index contributed by atoms with van der Waals surface area (Å²) in [5.41, 5.74) is 1.94. The number of alkyl carbamates (subject to hydrolysis) is 1. The van der Waals surface area contributed by atoms with E-state index in [1.165, 1.54) is 0 Å². The van der Waals surface area contributed by atoms with Crippen LogP contribution in [0.2, 0.25) is 0 Å². The van der Waals surface area contributed by atoms with E-state index in [2.05, 4.69) is 15.4 Å². The molecule has 218 valence electrons. The number of amides is 2. The second-order valence-electron chi connectivity index (χ2n) is 9.36. The first-order chi connectivity index (χ1) is 19.2. The molecule has 2 atom stereocenters. The summed E-state index contributed by atoms with van der Waals surface area (Å²) in [5, 5.41) is 5.47. The lowest BCUT2D eigenvalue weighted by molar-refractivity contribution is -0.145. The fourth-order valence-electron chi connectivity index (χ4n) is 4.03. The van der Waals surface area contributed by atoms with E-state index in [1.54, 1.807) is 25.1 Å². The maximum atomic E-state index is 12.6. The third-order valence-electron chi connectivity index (χ3n) is 6.09. The van der Waals surface area contributed by atoms with Crippen LogP contribution >= 0.6 is 0 Å². The van der Waals surface area contributed by atoms with E-state index in [0.717, 1.165) is 5.56 Å². The van der Waals surface area contributed by atoms with Gasteiger partial charge >= 0.3 is 12.1 Å². The van der Waals surface area contributed by atoms with Crippen molar-refractivity contribution in [2.45, 2.75) is 64.7 Å². The van der Waals surface area contributed by atoms with Crippen molar-refractivity contribution < 1.29 is 37.0 Å². The van der Waals surface area contributed by atoms with Crippen molar-refractivity contribution in [2.24, 2.45) is 0 Å². The van der Waals surface area contributed by atoms with Crippen molar-refractivity contribution >= 4 is 33.7 Å². The molecule has 0 aliphatic carbocycles. The molecule has 3 rings (SSSR count). The van der Waals surface area contributed by atoms with E-state index >= 15 is 0 Å². The molecule has 0 aromatic heterocycles. The number of carbonyl (C=O) groups is 3. The summed E-state index contributed by atoms with van der Waals surface area (Å²) in [5.74, 6) is -0.629.